The third-order valence-corrected chi connectivity index (χ3v) is 7.09. The number of likely N-dealkylation sites (N-methyl/N-ethyl adjacent to an activating group) is 1. The molecule has 2 aromatic heterocycles. The largest absolute Gasteiger partial charge is 0.497 e. The molecular weight excluding hydrogens is 444 g/mol. The first-order valence-corrected chi connectivity index (χ1v) is 12.3. The molecule has 0 unspecified atom stereocenters. The van der Waals surface area contributed by atoms with Crippen molar-refractivity contribution in [2.45, 2.75) is 13.0 Å². The SMILES string of the molecule is COc1cccc(-c2cncc(-c3cn(CCCN4CCN(C)CC4)c4cccc(Cl)c34)c2)c1. The summed E-state index contributed by atoms with van der Waals surface area (Å²) in [4.78, 5) is 9.54. The van der Waals surface area contributed by atoms with Crippen molar-refractivity contribution in [3.63, 3.8) is 0 Å². The third-order valence-electron chi connectivity index (χ3n) is 6.78. The molecule has 4 aromatic rings. The number of rotatable bonds is 7. The molecule has 0 amide bonds. The molecule has 6 heteroatoms. The number of fused-ring (bicyclic) bond motifs is 1. The summed E-state index contributed by atoms with van der Waals surface area (Å²) in [6.45, 7) is 6.71. The summed E-state index contributed by atoms with van der Waals surface area (Å²) in [6.07, 6.45) is 7.18. The normalized spacial score (nSPS) is 15.1. The van der Waals surface area contributed by atoms with E-state index in [0.717, 1.165) is 84.1 Å². The van der Waals surface area contributed by atoms with Gasteiger partial charge >= 0.3 is 0 Å². The average molecular weight is 475 g/mol. The lowest BCUT2D eigenvalue weighted by Gasteiger charge is -2.32. The minimum Gasteiger partial charge on any atom is -0.497 e. The van der Waals surface area contributed by atoms with Gasteiger partial charge in [0.25, 0.3) is 0 Å². The summed E-state index contributed by atoms with van der Waals surface area (Å²) < 4.78 is 7.76. The van der Waals surface area contributed by atoms with E-state index in [1.54, 1.807) is 7.11 Å². The van der Waals surface area contributed by atoms with Gasteiger partial charge in [0.1, 0.15) is 5.75 Å². The summed E-state index contributed by atoms with van der Waals surface area (Å²) in [7, 11) is 3.89. The highest BCUT2D eigenvalue weighted by Crippen LogP contribution is 2.37. The summed E-state index contributed by atoms with van der Waals surface area (Å²) in [5.41, 5.74) is 5.50. The van der Waals surface area contributed by atoms with E-state index in [1.165, 1.54) is 5.52 Å². The minimum atomic E-state index is 0.775. The molecule has 0 bridgehead atoms. The van der Waals surface area contributed by atoms with E-state index >= 15 is 0 Å². The number of ether oxygens (including phenoxy) is 1. The van der Waals surface area contributed by atoms with Crippen LogP contribution in [0.4, 0.5) is 0 Å². The molecule has 0 atom stereocenters. The fourth-order valence-electron chi connectivity index (χ4n) is 4.80. The molecule has 34 heavy (non-hydrogen) atoms. The van der Waals surface area contributed by atoms with Gasteiger partial charge in [-0.25, -0.2) is 0 Å². The molecule has 0 radical (unpaired) electrons. The first-order valence-electron chi connectivity index (χ1n) is 11.9. The highest BCUT2D eigenvalue weighted by atomic mass is 35.5. The molecule has 0 spiro atoms. The number of methoxy groups -OCH3 is 1. The predicted molar refractivity (Wildman–Crippen MR) is 141 cm³/mol. The average Bonchev–Trinajstić information content (AvgIpc) is 3.25. The van der Waals surface area contributed by atoms with Gasteiger partial charge < -0.3 is 19.1 Å². The van der Waals surface area contributed by atoms with Crippen LogP contribution in [-0.4, -0.2) is 66.2 Å². The predicted octanol–water partition coefficient (Wildman–Crippen LogP) is 5.67. The summed E-state index contributed by atoms with van der Waals surface area (Å²) in [6, 6.07) is 16.4. The standard InChI is InChI=1S/C28H31ClN4O/c1-31-12-14-32(15-13-31)10-5-11-33-20-25(28-26(29)8-4-9-27(28)33)23-16-22(18-30-19-23)21-6-3-7-24(17-21)34-2/h3-4,6-9,16-20H,5,10-15H2,1-2H3. The molecular formula is C28H31ClN4O. The van der Waals surface area contributed by atoms with Crippen LogP contribution in [0.5, 0.6) is 5.75 Å². The molecule has 5 rings (SSSR count). The van der Waals surface area contributed by atoms with Crippen molar-refractivity contribution in [1.29, 1.82) is 0 Å². The molecule has 176 valence electrons. The maximum absolute atomic E-state index is 6.73. The number of nitrogens with zero attached hydrogens (tertiary/aromatic N) is 4. The number of pyridine rings is 1. The van der Waals surface area contributed by atoms with Gasteiger partial charge in [0, 0.05) is 73.4 Å². The maximum atomic E-state index is 6.73. The highest BCUT2D eigenvalue weighted by molar-refractivity contribution is 6.36. The Morgan fingerprint density at radius 2 is 1.71 bits per heavy atom. The zero-order valence-electron chi connectivity index (χ0n) is 19.9. The third kappa shape index (κ3) is 4.83. The number of benzene rings is 2. The van der Waals surface area contributed by atoms with Crippen molar-refractivity contribution < 1.29 is 4.74 Å². The molecule has 0 N–H and O–H groups in total. The summed E-state index contributed by atoms with van der Waals surface area (Å²) >= 11 is 6.73. The first kappa shape index (κ1) is 22.9. The van der Waals surface area contributed by atoms with Gasteiger partial charge in [0.15, 0.2) is 0 Å². The van der Waals surface area contributed by atoms with E-state index in [-0.39, 0.29) is 0 Å². The van der Waals surface area contributed by atoms with E-state index in [9.17, 15) is 0 Å². The van der Waals surface area contributed by atoms with Gasteiger partial charge in [-0.1, -0.05) is 29.8 Å². The Kier molecular flexibility index (Phi) is 6.86. The Balaban J connectivity index is 1.43. The van der Waals surface area contributed by atoms with Gasteiger partial charge in [0.2, 0.25) is 0 Å². The molecule has 0 aliphatic carbocycles. The number of hydrogen-bond donors (Lipinski definition) is 0. The van der Waals surface area contributed by atoms with Crippen LogP contribution in [0, 0.1) is 0 Å². The maximum Gasteiger partial charge on any atom is 0.119 e. The fourth-order valence-corrected chi connectivity index (χ4v) is 5.07. The second-order valence-electron chi connectivity index (χ2n) is 9.06. The quantitative estimate of drug-likeness (QED) is 0.345. The first-order chi connectivity index (χ1) is 16.6. The number of aryl methyl sites for hydroxylation is 1. The van der Waals surface area contributed by atoms with E-state index in [4.69, 9.17) is 16.3 Å². The Morgan fingerprint density at radius 3 is 2.53 bits per heavy atom. The number of piperazine rings is 1. The zero-order chi connectivity index (χ0) is 23.5. The van der Waals surface area contributed by atoms with Crippen molar-refractivity contribution in [1.82, 2.24) is 19.4 Å². The number of aromatic nitrogens is 2. The second kappa shape index (κ2) is 10.2. The van der Waals surface area contributed by atoms with Crippen molar-refractivity contribution in [2.24, 2.45) is 0 Å². The molecule has 0 saturated carbocycles. The van der Waals surface area contributed by atoms with Gasteiger partial charge in [-0.15, -0.1) is 0 Å². The molecule has 1 aliphatic heterocycles. The molecule has 3 heterocycles. The van der Waals surface area contributed by atoms with E-state index in [0.29, 0.717) is 0 Å². The molecule has 1 saturated heterocycles. The van der Waals surface area contributed by atoms with Gasteiger partial charge in [0.05, 0.1) is 17.6 Å². The van der Waals surface area contributed by atoms with E-state index < -0.39 is 0 Å². The molecule has 2 aromatic carbocycles. The van der Waals surface area contributed by atoms with Crippen molar-refractivity contribution in [2.75, 3.05) is 46.9 Å². The topological polar surface area (TPSA) is 33.5 Å². The van der Waals surface area contributed by atoms with Crippen molar-refractivity contribution in [3.05, 3.63) is 72.1 Å². The Bertz CT molecular complexity index is 1280. The molecule has 1 fully saturated rings. The van der Waals surface area contributed by atoms with Crippen LogP contribution in [0.3, 0.4) is 0 Å². The van der Waals surface area contributed by atoms with Gasteiger partial charge in [-0.05, 0) is 55.9 Å². The molecule has 1 aliphatic rings. The van der Waals surface area contributed by atoms with Crippen LogP contribution in [0.25, 0.3) is 33.2 Å². The van der Waals surface area contributed by atoms with Crippen LogP contribution >= 0.6 is 11.6 Å². The van der Waals surface area contributed by atoms with Crippen LogP contribution in [0.1, 0.15) is 6.42 Å². The lowest BCUT2D eigenvalue weighted by molar-refractivity contribution is 0.151. The number of halogens is 1. The minimum absolute atomic E-state index is 0.775. The van der Waals surface area contributed by atoms with E-state index in [1.807, 2.05) is 42.7 Å². The highest BCUT2D eigenvalue weighted by Gasteiger charge is 2.16. The van der Waals surface area contributed by atoms with Gasteiger partial charge in [-0.2, -0.15) is 0 Å². The number of hydrogen-bond acceptors (Lipinski definition) is 4. The second-order valence-corrected chi connectivity index (χ2v) is 9.47. The fraction of sp³-hybridized carbons (Fsp3) is 0.321. The Morgan fingerprint density at radius 1 is 0.912 bits per heavy atom. The molecule has 5 nitrogen and oxygen atoms in total. The Labute approximate surface area is 206 Å². The smallest absolute Gasteiger partial charge is 0.119 e. The monoisotopic (exact) mass is 474 g/mol. The zero-order valence-corrected chi connectivity index (χ0v) is 20.6. The van der Waals surface area contributed by atoms with Crippen LogP contribution < -0.4 is 4.74 Å². The van der Waals surface area contributed by atoms with Gasteiger partial charge in [-0.3, -0.25) is 4.98 Å². The van der Waals surface area contributed by atoms with Crippen molar-refractivity contribution in [3.8, 4) is 28.0 Å². The lowest BCUT2D eigenvalue weighted by atomic mass is 10.0. The van der Waals surface area contributed by atoms with Crippen LogP contribution in [-0.2, 0) is 6.54 Å². The van der Waals surface area contributed by atoms with Crippen molar-refractivity contribution >= 4 is 22.5 Å². The summed E-state index contributed by atoms with van der Waals surface area (Å²) in [5, 5.41) is 1.87. The lowest BCUT2D eigenvalue weighted by Crippen LogP contribution is -2.44. The van der Waals surface area contributed by atoms with Crippen LogP contribution in [0.15, 0.2) is 67.1 Å². The van der Waals surface area contributed by atoms with Crippen LogP contribution in [0.2, 0.25) is 5.02 Å². The van der Waals surface area contributed by atoms with E-state index in [2.05, 4.69) is 50.8 Å². The summed E-state index contributed by atoms with van der Waals surface area (Å²) in [5.74, 6) is 0.836. The Hall–Kier alpha value is -2.86.